The number of fused-ring (bicyclic) bond motifs is 1. The summed E-state index contributed by atoms with van der Waals surface area (Å²) in [6.07, 6.45) is 2.85. The molecule has 2 rings (SSSR count). The molecule has 80 valence electrons. The molecular weight excluding hydrogens is 256 g/mol. The van der Waals surface area contributed by atoms with E-state index < -0.39 is 0 Å². The van der Waals surface area contributed by atoms with E-state index in [0.717, 1.165) is 28.5 Å². The first-order chi connectivity index (χ1) is 7.31. The van der Waals surface area contributed by atoms with Crippen molar-refractivity contribution in [3.63, 3.8) is 0 Å². The molecule has 1 aromatic carbocycles. The fourth-order valence-electron chi connectivity index (χ4n) is 1.45. The lowest BCUT2D eigenvalue weighted by molar-refractivity contribution is 0.0800. The summed E-state index contributed by atoms with van der Waals surface area (Å²) >= 11 is 3.43. The summed E-state index contributed by atoms with van der Waals surface area (Å²) in [4.78, 5) is 4.31. The van der Waals surface area contributed by atoms with Gasteiger partial charge in [0.15, 0.2) is 0 Å². The second-order valence-corrected chi connectivity index (χ2v) is 4.30. The van der Waals surface area contributed by atoms with E-state index in [1.54, 1.807) is 0 Å². The first kappa shape index (κ1) is 10.6. The number of hydrogen-bond donors (Lipinski definition) is 0. The van der Waals surface area contributed by atoms with E-state index in [1.165, 1.54) is 0 Å². The molecule has 0 radical (unpaired) electrons. The summed E-state index contributed by atoms with van der Waals surface area (Å²) in [7, 11) is 0. The Morgan fingerprint density at radius 2 is 2.33 bits per heavy atom. The Bertz CT molecular complexity index is 453. The Labute approximate surface area is 97.2 Å². The molecule has 2 aromatic rings. The van der Waals surface area contributed by atoms with Gasteiger partial charge in [-0.25, -0.2) is 4.98 Å². The average molecular weight is 269 g/mol. The Morgan fingerprint density at radius 1 is 1.47 bits per heavy atom. The van der Waals surface area contributed by atoms with Crippen LogP contribution in [0.1, 0.15) is 13.3 Å². The zero-order valence-corrected chi connectivity index (χ0v) is 10.2. The van der Waals surface area contributed by atoms with Crippen molar-refractivity contribution in [1.82, 2.24) is 9.55 Å². The monoisotopic (exact) mass is 268 g/mol. The average Bonchev–Trinajstić information content (AvgIpc) is 2.61. The molecule has 3 nitrogen and oxygen atoms in total. The molecule has 1 aromatic heterocycles. The van der Waals surface area contributed by atoms with Crippen LogP contribution in [-0.2, 0) is 11.5 Å². The molecule has 0 aliphatic rings. The normalized spacial score (nSPS) is 11.1. The van der Waals surface area contributed by atoms with Crippen LogP contribution in [0.15, 0.2) is 29.0 Å². The summed E-state index contributed by atoms with van der Waals surface area (Å²) in [6.45, 7) is 3.46. The highest BCUT2D eigenvalue weighted by Crippen LogP contribution is 2.18. The molecule has 0 atom stereocenters. The van der Waals surface area contributed by atoms with Crippen LogP contribution in [0.4, 0.5) is 0 Å². The van der Waals surface area contributed by atoms with Gasteiger partial charge in [0, 0.05) is 11.1 Å². The second kappa shape index (κ2) is 4.77. The first-order valence-electron chi connectivity index (χ1n) is 4.99. The number of imidazole rings is 1. The van der Waals surface area contributed by atoms with Crippen LogP contribution < -0.4 is 0 Å². The largest absolute Gasteiger partial charge is 0.361 e. The zero-order valence-electron chi connectivity index (χ0n) is 8.61. The minimum absolute atomic E-state index is 0.575. The maximum Gasteiger partial charge on any atom is 0.124 e. The van der Waals surface area contributed by atoms with Gasteiger partial charge in [-0.1, -0.05) is 22.9 Å². The number of aromatic nitrogens is 2. The quantitative estimate of drug-likeness (QED) is 0.797. The smallest absolute Gasteiger partial charge is 0.124 e. The Hall–Kier alpha value is -0.870. The fraction of sp³-hybridized carbons (Fsp3) is 0.364. The summed E-state index contributed by atoms with van der Waals surface area (Å²) in [5, 5.41) is 0. The number of halogens is 1. The lowest BCUT2D eigenvalue weighted by Crippen LogP contribution is -2.01. The van der Waals surface area contributed by atoms with Crippen LogP contribution in [0.5, 0.6) is 0 Å². The number of nitrogens with zero attached hydrogens (tertiary/aromatic N) is 2. The van der Waals surface area contributed by atoms with Gasteiger partial charge in [-0.05, 0) is 24.6 Å². The molecular formula is C11H13BrN2O. The van der Waals surface area contributed by atoms with Crippen LogP contribution in [-0.4, -0.2) is 16.2 Å². The van der Waals surface area contributed by atoms with Gasteiger partial charge in [-0.15, -0.1) is 0 Å². The summed E-state index contributed by atoms with van der Waals surface area (Å²) in [6, 6.07) is 6.06. The molecule has 0 amide bonds. The third-order valence-corrected chi connectivity index (χ3v) is 2.66. The SMILES string of the molecule is CCCOCn1cnc2cc(Br)ccc21. The summed E-state index contributed by atoms with van der Waals surface area (Å²) in [5.74, 6) is 0. The molecule has 0 aliphatic heterocycles. The van der Waals surface area contributed by atoms with E-state index >= 15 is 0 Å². The van der Waals surface area contributed by atoms with Crippen molar-refractivity contribution in [2.24, 2.45) is 0 Å². The standard InChI is InChI=1S/C11H13BrN2O/c1-2-5-15-8-14-7-13-10-6-9(12)3-4-11(10)14/h3-4,6-7H,2,5,8H2,1H3. The van der Waals surface area contributed by atoms with E-state index in [0.29, 0.717) is 6.73 Å². The van der Waals surface area contributed by atoms with Gasteiger partial charge in [0.05, 0.1) is 17.4 Å². The molecule has 1 heterocycles. The summed E-state index contributed by atoms with van der Waals surface area (Å²) < 4.78 is 8.54. The molecule has 0 fully saturated rings. The van der Waals surface area contributed by atoms with E-state index in [2.05, 4.69) is 27.8 Å². The number of hydrogen-bond acceptors (Lipinski definition) is 2. The second-order valence-electron chi connectivity index (χ2n) is 3.38. The highest BCUT2D eigenvalue weighted by atomic mass is 79.9. The minimum atomic E-state index is 0.575. The molecule has 4 heteroatoms. The van der Waals surface area contributed by atoms with Gasteiger partial charge >= 0.3 is 0 Å². The van der Waals surface area contributed by atoms with Gasteiger partial charge in [0.2, 0.25) is 0 Å². The van der Waals surface area contributed by atoms with Gasteiger partial charge < -0.3 is 9.30 Å². The van der Waals surface area contributed by atoms with E-state index in [4.69, 9.17) is 4.74 Å². The fourth-order valence-corrected chi connectivity index (χ4v) is 1.80. The van der Waals surface area contributed by atoms with Crippen molar-refractivity contribution < 1.29 is 4.74 Å². The predicted octanol–water partition coefficient (Wildman–Crippen LogP) is 3.18. The van der Waals surface area contributed by atoms with Gasteiger partial charge in [-0.3, -0.25) is 0 Å². The van der Waals surface area contributed by atoms with Gasteiger partial charge in [-0.2, -0.15) is 0 Å². The molecule has 0 saturated heterocycles. The highest BCUT2D eigenvalue weighted by Gasteiger charge is 2.02. The van der Waals surface area contributed by atoms with Gasteiger partial charge in [0.1, 0.15) is 6.73 Å². The van der Waals surface area contributed by atoms with Crippen molar-refractivity contribution in [1.29, 1.82) is 0 Å². The van der Waals surface area contributed by atoms with E-state index in [-0.39, 0.29) is 0 Å². The summed E-state index contributed by atoms with van der Waals surface area (Å²) in [5.41, 5.74) is 2.10. The third kappa shape index (κ3) is 2.38. The highest BCUT2D eigenvalue weighted by molar-refractivity contribution is 9.10. The van der Waals surface area contributed by atoms with Gasteiger partial charge in [0.25, 0.3) is 0 Å². The van der Waals surface area contributed by atoms with Crippen LogP contribution in [0.3, 0.4) is 0 Å². The Morgan fingerprint density at radius 3 is 3.13 bits per heavy atom. The topological polar surface area (TPSA) is 27.1 Å². The van der Waals surface area contributed by atoms with Crippen molar-refractivity contribution in [3.8, 4) is 0 Å². The predicted molar refractivity (Wildman–Crippen MR) is 63.7 cm³/mol. The molecule has 15 heavy (non-hydrogen) atoms. The molecule has 0 saturated carbocycles. The number of benzene rings is 1. The zero-order chi connectivity index (χ0) is 10.7. The number of rotatable bonds is 4. The molecule has 0 N–H and O–H groups in total. The van der Waals surface area contributed by atoms with E-state index in [1.807, 2.05) is 29.1 Å². The van der Waals surface area contributed by atoms with Crippen molar-refractivity contribution in [3.05, 3.63) is 29.0 Å². The van der Waals surface area contributed by atoms with Crippen LogP contribution in [0.25, 0.3) is 11.0 Å². The first-order valence-corrected chi connectivity index (χ1v) is 5.78. The van der Waals surface area contributed by atoms with E-state index in [9.17, 15) is 0 Å². The van der Waals surface area contributed by atoms with Crippen molar-refractivity contribution in [2.45, 2.75) is 20.1 Å². The Balaban J connectivity index is 2.21. The van der Waals surface area contributed by atoms with Crippen LogP contribution in [0, 0.1) is 0 Å². The lowest BCUT2D eigenvalue weighted by Gasteiger charge is -2.04. The van der Waals surface area contributed by atoms with Crippen LogP contribution >= 0.6 is 15.9 Å². The minimum Gasteiger partial charge on any atom is -0.361 e. The molecule has 0 unspecified atom stereocenters. The maximum absolute atomic E-state index is 5.48. The molecule has 0 aliphatic carbocycles. The molecule has 0 bridgehead atoms. The third-order valence-electron chi connectivity index (χ3n) is 2.16. The Kier molecular flexibility index (Phi) is 3.38. The molecule has 0 spiro atoms. The maximum atomic E-state index is 5.48. The number of ether oxygens (including phenoxy) is 1. The van der Waals surface area contributed by atoms with Crippen molar-refractivity contribution >= 4 is 27.0 Å². The lowest BCUT2D eigenvalue weighted by atomic mass is 10.3. The van der Waals surface area contributed by atoms with Crippen LogP contribution in [0.2, 0.25) is 0 Å². The van der Waals surface area contributed by atoms with Crippen molar-refractivity contribution in [2.75, 3.05) is 6.61 Å².